The van der Waals surface area contributed by atoms with Gasteiger partial charge in [0.15, 0.2) is 0 Å². The lowest BCUT2D eigenvalue weighted by molar-refractivity contribution is -0.141. The minimum Gasteiger partial charge on any atom is -0.343 e. The monoisotopic (exact) mass is 578 g/mol. The van der Waals surface area contributed by atoms with Crippen LogP contribution < -0.4 is 10.0 Å². The van der Waals surface area contributed by atoms with Gasteiger partial charge in [0.25, 0.3) is 10.0 Å². The number of sulfonamides is 1. The SMILES string of the molecule is CCN(CC)C(=O)C(CCC1CCN(C(=O)Nc2ccccc2)CC1)C(=O)NS(=O)(=O)c1ccc2ccccc2c1. The van der Waals surface area contributed by atoms with Gasteiger partial charge in [0, 0.05) is 31.9 Å². The first-order chi connectivity index (χ1) is 19.7. The molecule has 0 saturated carbocycles. The molecule has 1 heterocycles. The topological polar surface area (TPSA) is 116 Å². The molecule has 0 bridgehead atoms. The number of fused-ring (bicyclic) bond motifs is 1. The molecule has 0 aliphatic carbocycles. The number of nitrogens with one attached hydrogen (secondary N) is 2. The molecule has 0 spiro atoms. The summed E-state index contributed by atoms with van der Waals surface area (Å²) in [7, 11) is -4.18. The lowest BCUT2D eigenvalue weighted by atomic mass is 9.88. The van der Waals surface area contributed by atoms with Crippen molar-refractivity contribution in [1.29, 1.82) is 0 Å². The molecule has 3 aromatic rings. The summed E-state index contributed by atoms with van der Waals surface area (Å²) in [5.41, 5.74) is 0.738. The number of anilines is 1. The van der Waals surface area contributed by atoms with Crippen molar-refractivity contribution in [3.8, 4) is 0 Å². The minimum absolute atomic E-state index is 0.0280. The average molecular weight is 579 g/mol. The molecule has 4 rings (SSSR count). The zero-order valence-electron chi connectivity index (χ0n) is 23.6. The van der Waals surface area contributed by atoms with E-state index < -0.39 is 21.8 Å². The summed E-state index contributed by atoms with van der Waals surface area (Å²) in [6.45, 7) is 5.65. The quantitative estimate of drug-likeness (QED) is 0.334. The summed E-state index contributed by atoms with van der Waals surface area (Å²) in [6, 6.07) is 21.2. The van der Waals surface area contributed by atoms with E-state index >= 15 is 0 Å². The molecule has 1 aliphatic rings. The maximum Gasteiger partial charge on any atom is 0.321 e. The predicted molar refractivity (Wildman–Crippen MR) is 160 cm³/mol. The van der Waals surface area contributed by atoms with E-state index in [0.29, 0.717) is 32.6 Å². The fourth-order valence-corrected chi connectivity index (χ4v) is 6.32. The van der Waals surface area contributed by atoms with Gasteiger partial charge in [0.2, 0.25) is 11.8 Å². The number of rotatable bonds is 10. The molecule has 9 nitrogen and oxygen atoms in total. The maximum absolute atomic E-state index is 13.4. The number of carbonyl (C=O) groups excluding carboxylic acids is 3. The summed E-state index contributed by atoms with van der Waals surface area (Å²) in [6.07, 6.45) is 2.29. The van der Waals surface area contributed by atoms with Crippen molar-refractivity contribution in [2.45, 2.75) is 44.4 Å². The molecule has 0 aromatic heterocycles. The molecule has 1 fully saturated rings. The van der Waals surface area contributed by atoms with E-state index in [2.05, 4.69) is 10.0 Å². The van der Waals surface area contributed by atoms with Gasteiger partial charge in [-0.05, 0) is 80.5 Å². The Bertz CT molecular complexity index is 1470. The van der Waals surface area contributed by atoms with Gasteiger partial charge in [-0.25, -0.2) is 17.9 Å². The Morgan fingerprint density at radius 1 is 0.902 bits per heavy atom. The second-order valence-corrected chi connectivity index (χ2v) is 12.0. The van der Waals surface area contributed by atoms with E-state index in [0.717, 1.165) is 29.3 Å². The van der Waals surface area contributed by atoms with Gasteiger partial charge in [0.05, 0.1) is 4.90 Å². The van der Waals surface area contributed by atoms with Crippen LogP contribution in [-0.4, -0.2) is 62.2 Å². The van der Waals surface area contributed by atoms with Crippen LogP contribution in [0.4, 0.5) is 10.5 Å². The summed E-state index contributed by atoms with van der Waals surface area (Å²) >= 11 is 0. The highest BCUT2D eigenvalue weighted by Crippen LogP contribution is 2.26. The normalized spacial score (nSPS) is 14.8. The fourth-order valence-electron chi connectivity index (χ4n) is 5.27. The number of likely N-dealkylation sites (tertiary alicyclic amines) is 1. The molecular formula is C31H38N4O5S. The van der Waals surface area contributed by atoms with Crippen LogP contribution in [0.3, 0.4) is 0 Å². The van der Waals surface area contributed by atoms with Gasteiger partial charge in [-0.3, -0.25) is 9.59 Å². The number of carbonyl (C=O) groups is 3. The molecule has 1 aliphatic heterocycles. The molecular weight excluding hydrogens is 540 g/mol. The number of hydrogen-bond acceptors (Lipinski definition) is 5. The van der Waals surface area contributed by atoms with E-state index in [-0.39, 0.29) is 29.2 Å². The molecule has 0 radical (unpaired) electrons. The maximum atomic E-state index is 13.4. The minimum atomic E-state index is -4.18. The smallest absolute Gasteiger partial charge is 0.321 e. The summed E-state index contributed by atoms with van der Waals surface area (Å²) in [5.74, 6) is -2.09. The van der Waals surface area contributed by atoms with Crippen LogP contribution in [0.1, 0.15) is 39.5 Å². The van der Waals surface area contributed by atoms with E-state index in [1.165, 1.54) is 12.1 Å². The first-order valence-electron chi connectivity index (χ1n) is 14.2. The molecule has 1 saturated heterocycles. The Morgan fingerprint density at radius 3 is 2.20 bits per heavy atom. The van der Waals surface area contributed by atoms with Crippen molar-refractivity contribution in [2.75, 3.05) is 31.5 Å². The van der Waals surface area contributed by atoms with Crippen molar-refractivity contribution >= 4 is 44.3 Å². The Hall–Kier alpha value is -3.92. The lowest BCUT2D eigenvalue weighted by Crippen LogP contribution is -2.45. The van der Waals surface area contributed by atoms with E-state index in [4.69, 9.17) is 0 Å². The number of nitrogens with zero attached hydrogens (tertiary/aromatic N) is 2. The number of para-hydroxylation sites is 1. The molecule has 218 valence electrons. The van der Waals surface area contributed by atoms with Gasteiger partial charge >= 0.3 is 6.03 Å². The van der Waals surface area contributed by atoms with Crippen LogP contribution in [0.2, 0.25) is 0 Å². The number of piperidine rings is 1. The Kier molecular flexibility index (Phi) is 9.99. The largest absolute Gasteiger partial charge is 0.343 e. The fraction of sp³-hybridized carbons (Fsp3) is 0.387. The highest BCUT2D eigenvalue weighted by Gasteiger charge is 2.34. The number of hydrogen-bond donors (Lipinski definition) is 2. The van der Waals surface area contributed by atoms with Crippen LogP contribution in [-0.2, 0) is 19.6 Å². The highest BCUT2D eigenvalue weighted by atomic mass is 32.2. The first-order valence-corrected chi connectivity index (χ1v) is 15.6. The van der Waals surface area contributed by atoms with Crippen molar-refractivity contribution in [1.82, 2.24) is 14.5 Å². The van der Waals surface area contributed by atoms with Crippen LogP contribution in [0.15, 0.2) is 77.7 Å². The molecule has 1 unspecified atom stereocenters. The Labute approximate surface area is 242 Å². The second-order valence-electron chi connectivity index (χ2n) is 10.3. The van der Waals surface area contributed by atoms with Crippen LogP contribution in [0.25, 0.3) is 10.8 Å². The third kappa shape index (κ3) is 7.64. The Balaban J connectivity index is 1.39. The number of amides is 4. The lowest BCUT2D eigenvalue weighted by Gasteiger charge is -2.33. The van der Waals surface area contributed by atoms with Gasteiger partial charge in [-0.1, -0.05) is 48.5 Å². The van der Waals surface area contributed by atoms with E-state index in [1.54, 1.807) is 21.9 Å². The predicted octanol–water partition coefficient (Wildman–Crippen LogP) is 4.85. The van der Waals surface area contributed by atoms with Gasteiger partial charge in [0.1, 0.15) is 5.92 Å². The first kappa shape index (κ1) is 30.0. The van der Waals surface area contributed by atoms with E-state index in [1.807, 2.05) is 62.4 Å². The third-order valence-electron chi connectivity index (χ3n) is 7.75. The van der Waals surface area contributed by atoms with Crippen LogP contribution in [0.5, 0.6) is 0 Å². The van der Waals surface area contributed by atoms with Gasteiger partial charge < -0.3 is 15.1 Å². The third-order valence-corrected chi connectivity index (χ3v) is 9.09. The molecule has 3 aromatic carbocycles. The average Bonchev–Trinajstić information content (AvgIpc) is 2.98. The number of benzene rings is 3. The van der Waals surface area contributed by atoms with Crippen molar-refractivity contribution in [2.24, 2.45) is 11.8 Å². The van der Waals surface area contributed by atoms with Crippen molar-refractivity contribution in [3.63, 3.8) is 0 Å². The Morgan fingerprint density at radius 2 is 1.54 bits per heavy atom. The van der Waals surface area contributed by atoms with Crippen LogP contribution in [0, 0.1) is 11.8 Å². The summed E-state index contributed by atoms with van der Waals surface area (Å²) in [4.78, 5) is 42.6. The molecule has 10 heteroatoms. The zero-order valence-corrected chi connectivity index (χ0v) is 24.4. The molecule has 1 atom stereocenters. The molecule has 2 N–H and O–H groups in total. The molecule has 41 heavy (non-hydrogen) atoms. The van der Waals surface area contributed by atoms with Gasteiger partial charge in [-0.15, -0.1) is 0 Å². The highest BCUT2D eigenvalue weighted by molar-refractivity contribution is 7.90. The number of urea groups is 1. The van der Waals surface area contributed by atoms with Crippen LogP contribution >= 0.6 is 0 Å². The standard InChI is InChI=1S/C31H38N4O5S/c1-3-34(4-2)30(37)28(29(36)33-41(39,40)27-16-15-24-10-8-9-11-25(24)22-27)17-14-23-18-20-35(21-19-23)31(38)32-26-12-6-5-7-13-26/h5-13,15-16,22-23,28H,3-4,14,17-21H2,1-2H3,(H,32,38)(H,33,36). The van der Waals surface area contributed by atoms with Gasteiger partial charge in [-0.2, -0.15) is 0 Å². The summed E-state index contributed by atoms with van der Waals surface area (Å²) in [5, 5.41) is 4.53. The molecule has 4 amide bonds. The van der Waals surface area contributed by atoms with Crippen molar-refractivity contribution < 1.29 is 22.8 Å². The van der Waals surface area contributed by atoms with E-state index in [9.17, 15) is 22.8 Å². The zero-order chi connectivity index (χ0) is 29.4. The van der Waals surface area contributed by atoms with Crippen molar-refractivity contribution in [3.05, 3.63) is 72.8 Å². The summed E-state index contributed by atoms with van der Waals surface area (Å²) < 4.78 is 28.5. The second kappa shape index (κ2) is 13.6.